The Bertz CT molecular complexity index is 531. The Balaban J connectivity index is 1.87. The smallest absolute Gasteiger partial charge is 0.317 e. The highest BCUT2D eigenvalue weighted by atomic mass is 16.3. The third-order valence-electron chi connectivity index (χ3n) is 4.43. The molecule has 6 nitrogen and oxygen atoms in total. The van der Waals surface area contributed by atoms with E-state index in [9.17, 15) is 9.90 Å². The highest BCUT2D eigenvalue weighted by molar-refractivity contribution is 5.74. The predicted molar refractivity (Wildman–Crippen MR) is 101 cm³/mol. The number of hydrogen-bond acceptors (Lipinski definition) is 4. The van der Waals surface area contributed by atoms with E-state index in [1.807, 2.05) is 25.3 Å². The number of aromatic nitrogens is 1. The summed E-state index contributed by atoms with van der Waals surface area (Å²) in [6.45, 7) is 8.76. The van der Waals surface area contributed by atoms with Crippen LogP contribution in [-0.2, 0) is 6.54 Å². The van der Waals surface area contributed by atoms with Gasteiger partial charge in [-0.1, -0.05) is 18.9 Å². The maximum absolute atomic E-state index is 12.3. The molecular weight excluding hydrogens is 316 g/mol. The van der Waals surface area contributed by atoms with Gasteiger partial charge in [-0.2, -0.15) is 0 Å². The van der Waals surface area contributed by atoms with E-state index in [4.69, 9.17) is 0 Å². The van der Waals surface area contributed by atoms with Crippen LogP contribution in [0.2, 0.25) is 0 Å². The molecule has 2 amide bonds. The number of aliphatic hydroxyl groups is 1. The van der Waals surface area contributed by atoms with Crippen LogP contribution in [0.15, 0.2) is 18.3 Å². The van der Waals surface area contributed by atoms with Gasteiger partial charge in [-0.25, -0.2) is 9.78 Å². The summed E-state index contributed by atoms with van der Waals surface area (Å²) in [6.07, 6.45) is 6.91. The quantitative estimate of drug-likeness (QED) is 0.829. The lowest BCUT2D eigenvalue weighted by Crippen LogP contribution is -2.46. The van der Waals surface area contributed by atoms with Gasteiger partial charge in [0.2, 0.25) is 0 Å². The molecule has 0 unspecified atom stereocenters. The van der Waals surface area contributed by atoms with Crippen LogP contribution < -0.4 is 10.2 Å². The minimum atomic E-state index is -0.899. The van der Waals surface area contributed by atoms with Crippen molar-refractivity contribution in [3.8, 4) is 0 Å². The van der Waals surface area contributed by atoms with Crippen molar-refractivity contribution in [1.29, 1.82) is 0 Å². The normalized spacial score (nSPS) is 15.6. The monoisotopic (exact) mass is 348 g/mol. The first kappa shape index (κ1) is 19.5. The lowest BCUT2D eigenvalue weighted by Gasteiger charge is -2.28. The number of anilines is 1. The van der Waals surface area contributed by atoms with E-state index in [2.05, 4.69) is 15.2 Å². The average molecular weight is 348 g/mol. The summed E-state index contributed by atoms with van der Waals surface area (Å²) in [5.41, 5.74) is 0.0789. The van der Waals surface area contributed by atoms with Gasteiger partial charge < -0.3 is 20.2 Å². The second-order valence-electron chi connectivity index (χ2n) is 7.41. The molecular formula is C19H32N4O2. The molecule has 0 saturated carbocycles. The van der Waals surface area contributed by atoms with Gasteiger partial charge in [-0.3, -0.25) is 0 Å². The Labute approximate surface area is 151 Å². The maximum Gasteiger partial charge on any atom is 0.317 e. The summed E-state index contributed by atoms with van der Waals surface area (Å²) in [6, 6.07) is 3.90. The lowest BCUT2D eigenvalue weighted by atomic mass is 10.1. The molecule has 1 fully saturated rings. The Kier molecular flexibility index (Phi) is 7.05. The Morgan fingerprint density at radius 1 is 1.28 bits per heavy atom. The van der Waals surface area contributed by atoms with Gasteiger partial charge >= 0.3 is 6.03 Å². The molecule has 0 radical (unpaired) electrons. The second-order valence-corrected chi connectivity index (χ2v) is 7.41. The summed E-state index contributed by atoms with van der Waals surface area (Å²) < 4.78 is 0. The standard InChI is InChI=1S/C19H32N4O2/c1-4-22(15-19(2,3)25)18(24)21-14-16-9-10-17(20-13-16)23-11-7-5-6-8-12-23/h9-10,13,25H,4-8,11-12,14-15H2,1-3H3,(H,21,24). The molecule has 0 spiro atoms. The number of carbonyl (C=O) groups is 1. The highest BCUT2D eigenvalue weighted by Crippen LogP contribution is 2.17. The third kappa shape index (κ3) is 6.53. The number of carbonyl (C=O) groups excluding carboxylic acids is 1. The van der Waals surface area contributed by atoms with E-state index < -0.39 is 5.60 Å². The van der Waals surface area contributed by atoms with E-state index in [1.165, 1.54) is 25.7 Å². The average Bonchev–Trinajstić information content (AvgIpc) is 2.86. The zero-order valence-electron chi connectivity index (χ0n) is 15.8. The van der Waals surface area contributed by atoms with Crippen LogP contribution >= 0.6 is 0 Å². The van der Waals surface area contributed by atoms with Crippen molar-refractivity contribution in [2.75, 3.05) is 31.1 Å². The van der Waals surface area contributed by atoms with Crippen LogP contribution in [0.3, 0.4) is 0 Å². The number of likely N-dealkylation sites (N-methyl/N-ethyl adjacent to an activating group) is 1. The van der Waals surface area contributed by atoms with Crippen molar-refractivity contribution in [3.63, 3.8) is 0 Å². The van der Waals surface area contributed by atoms with Crippen LogP contribution in [0.25, 0.3) is 0 Å². The first-order chi connectivity index (χ1) is 11.9. The third-order valence-corrected chi connectivity index (χ3v) is 4.43. The molecule has 2 heterocycles. The second kappa shape index (κ2) is 9.04. The van der Waals surface area contributed by atoms with Crippen LogP contribution in [0.4, 0.5) is 10.6 Å². The van der Waals surface area contributed by atoms with Crippen molar-refractivity contribution in [2.24, 2.45) is 0 Å². The van der Waals surface area contributed by atoms with Crippen molar-refractivity contribution in [3.05, 3.63) is 23.9 Å². The fraction of sp³-hybridized carbons (Fsp3) is 0.684. The SMILES string of the molecule is CCN(CC(C)(C)O)C(=O)NCc1ccc(N2CCCCCC2)nc1. The topological polar surface area (TPSA) is 68.7 Å². The van der Waals surface area contributed by atoms with E-state index in [-0.39, 0.29) is 6.03 Å². The Morgan fingerprint density at radius 3 is 2.48 bits per heavy atom. The number of amides is 2. The molecule has 0 aliphatic carbocycles. The summed E-state index contributed by atoms with van der Waals surface area (Å²) in [4.78, 5) is 20.8. The largest absolute Gasteiger partial charge is 0.389 e. The molecule has 1 aliphatic heterocycles. The molecule has 6 heteroatoms. The van der Waals surface area contributed by atoms with Crippen molar-refractivity contribution in [1.82, 2.24) is 15.2 Å². The van der Waals surface area contributed by atoms with E-state index >= 15 is 0 Å². The Morgan fingerprint density at radius 2 is 1.96 bits per heavy atom. The molecule has 1 aromatic heterocycles. The molecule has 1 aromatic rings. The van der Waals surface area contributed by atoms with Gasteiger partial charge in [0.1, 0.15) is 5.82 Å². The number of pyridine rings is 1. The van der Waals surface area contributed by atoms with Gasteiger partial charge in [0.15, 0.2) is 0 Å². The first-order valence-corrected chi connectivity index (χ1v) is 9.34. The van der Waals surface area contributed by atoms with Gasteiger partial charge in [0.25, 0.3) is 0 Å². The number of urea groups is 1. The van der Waals surface area contributed by atoms with Crippen molar-refractivity contribution >= 4 is 11.8 Å². The van der Waals surface area contributed by atoms with Gasteiger partial charge in [0, 0.05) is 32.4 Å². The molecule has 1 saturated heterocycles. The van der Waals surface area contributed by atoms with Crippen LogP contribution in [0, 0.1) is 0 Å². The molecule has 1 aliphatic rings. The van der Waals surface area contributed by atoms with E-state index in [1.54, 1.807) is 18.7 Å². The summed E-state index contributed by atoms with van der Waals surface area (Å²) in [7, 11) is 0. The van der Waals surface area contributed by atoms with Gasteiger partial charge in [0.05, 0.1) is 12.1 Å². The number of rotatable bonds is 6. The van der Waals surface area contributed by atoms with Gasteiger partial charge in [-0.05, 0) is 45.2 Å². The van der Waals surface area contributed by atoms with E-state index in [0.29, 0.717) is 19.6 Å². The molecule has 2 N–H and O–H groups in total. The number of hydrogen-bond donors (Lipinski definition) is 2. The minimum absolute atomic E-state index is 0.166. The van der Waals surface area contributed by atoms with E-state index in [0.717, 1.165) is 24.5 Å². The lowest BCUT2D eigenvalue weighted by molar-refractivity contribution is 0.0480. The Hall–Kier alpha value is -1.82. The molecule has 0 atom stereocenters. The number of nitrogens with zero attached hydrogens (tertiary/aromatic N) is 3. The van der Waals surface area contributed by atoms with Crippen LogP contribution in [-0.4, -0.2) is 52.8 Å². The summed E-state index contributed by atoms with van der Waals surface area (Å²) >= 11 is 0. The zero-order valence-corrected chi connectivity index (χ0v) is 15.8. The fourth-order valence-electron chi connectivity index (χ4n) is 3.09. The highest BCUT2D eigenvalue weighted by Gasteiger charge is 2.21. The molecule has 140 valence electrons. The van der Waals surface area contributed by atoms with Crippen LogP contribution in [0.1, 0.15) is 52.0 Å². The summed E-state index contributed by atoms with van der Waals surface area (Å²) in [5, 5.41) is 12.8. The van der Waals surface area contributed by atoms with Crippen molar-refractivity contribution < 1.29 is 9.90 Å². The van der Waals surface area contributed by atoms with Gasteiger partial charge in [-0.15, -0.1) is 0 Å². The maximum atomic E-state index is 12.3. The number of nitrogens with one attached hydrogen (secondary N) is 1. The van der Waals surface area contributed by atoms with Crippen molar-refractivity contribution in [2.45, 2.75) is 58.6 Å². The summed E-state index contributed by atoms with van der Waals surface area (Å²) in [5.74, 6) is 1.02. The fourth-order valence-corrected chi connectivity index (χ4v) is 3.09. The molecule has 0 bridgehead atoms. The zero-order chi connectivity index (χ0) is 18.3. The molecule has 0 aromatic carbocycles. The first-order valence-electron chi connectivity index (χ1n) is 9.34. The minimum Gasteiger partial charge on any atom is -0.389 e. The predicted octanol–water partition coefficient (Wildman–Crippen LogP) is 2.76. The molecule has 2 rings (SSSR count). The van der Waals surface area contributed by atoms with Crippen LogP contribution in [0.5, 0.6) is 0 Å². The molecule has 25 heavy (non-hydrogen) atoms.